The van der Waals surface area contributed by atoms with Crippen LogP contribution in [0.4, 0.5) is 0 Å². The highest BCUT2D eigenvalue weighted by Gasteiger charge is 2.21. The van der Waals surface area contributed by atoms with Crippen molar-refractivity contribution in [2.45, 2.75) is 58.0 Å². The number of hydrogen-bond donors (Lipinski definition) is 1. The highest BCUT2D eigenvalue weighted by atomic mass is 127. The van der Waals surface area contributed by atoms with Crippen molar-refractivity contribution in [3.63, 3.8) is 0 Å². The van der Waals surface area contributed by atoms with Gasteiger partial charge in [0.15, 0.2) is 5.96 Å². The van der Waals surface area contributed by atoms with Gasteiger partial charge >= 0.3 is 5.97 Å². The average Bonchev–Trinajstić information content (AvgIpc) is 2.58. The number of hydrogen-bond acceptors (Lipinski definition) is 4. The van der Waals surface area contributed by atoms with E-state index in [9.17, 15) is 4.79 Å². The van der Waals surface area contributed by atoms with E-state index in [1.54, 1.807) is 0 Å². The second-order valence-corrected chi connectivity index (χ2v) is 5.86. The van der Waals surface area contributed by atoms with Gasteiger partial charge in [-0.25, -0.2) is 0 Å². The molecule has 6 nitrogen and oxygen atoms in total. The summed E-state index contributed by atoms with van der Waals surface area (Å²) in [6.07, 6.45) is 7.26. The van der Waals surface area contributed by atoms with Crippen LogP contribution in [0.5, 0.6) is 0 Å². The van der Waals surface area contributed by atoms with Gasteiger partial charge in [-0.3, -0.25) is 9.79 Å². The molecule has 0 atom stereocenters. The lowest BCUT2D eigenvalue weighted by Crippen LogP contribution is -2.47. The minimum absolute atomic E-state index is 0. The maximum absolute atomic E-state index is 11.0. The number of guanidine groups is 1. The minimum atomic E-state index is -0.112. The van der Waals surface area contributed by atoms with Crippen LogP contribution in [0.15, 0.2) is 4.99 Å². The molecule has 1 heterocycles. The van der Waals surface area contributed by atoms with Crippen LogP contribution in [-0.2, 0) is 14.3 Å². The van der Waals surface area contributed by atoms with Crippen molar-refractivity contribution in [1.82, 2.24) is 10.2 Å². The van der Waals surface area contributed by atoms with Gasteiger partial charge in [0, 0.05) is 39.7 Å². The Bertz CT molecular complexity index is 359. The zero-order valence-corrected chi connectivity index (χ0v) is 17.7. The van der Waals surface area contributed by atoms with E-state index in [0.29, 0.717) is 12.5 Å². The Balaban J connectivity index is 0.00000529. The molecule has 0 bridgehead atoms. The molecule has 0 aliphatic carbocycles. The molecular weight excluding hydrogens is 421 g/mol. The first-order chi connectivity index (χ1) is 11.2. The van der Waals surface area contributed by atoms with Crippen LogP contribution < -0.4 is 5.32 Å². The molecule has 1 aliphatic heterocycles. The normalized spacial score (nSPS) is 15.8. The molecule has 0 aromatic heterocycles. The Hall–Kier alpha value is -0.570. The summed E-state index contributed by atoms with van der Waals surface area (Å²) in [7, 11) is 3.28. The third kappa shape index (κ3) is 9.66. The minimum Gasteiger partial charge on any atom is -0.469 e. The maximum Gasteiger partial charge on any atom is 0.305 e. The summed E-state index contributed by atoms with van der Waals surface area (Å²) in [5.74, 6) is 0.883. The number of ether oxygens (including phenoxy) is 2. The highest BCUT2D eigenvalue weighted by molar-refractivity contribution is 14.0. The topological polar surface area (TPSA) is 63.2 Å². The van der Waals surface area contributed by atoms with Crippen molar-refractivity contribution < 1.29 is 14.3 Å². The fourth-order valence-corrected chi connectivity index (χ4v) is 2.85. The molecule has 1 rings (SSSR count). The lowest BCUT2D eigenvalue weighted by molar-refractivity contribution is -0.140. The van der Waals surface area contributed by atoms with Gasteiger partial charge in [0.2, 0.25) is 0 Å². The molecule has 1 N–H and O–H groups in total. The Kier molecular flexibility index (Phi) is 14.4. The Morgan fingerprint density at radius 3 is 2.46 bits per heavy atom. The third-order valence-corrected chi connectivity index (χ3v) is 4.17. The van der Waals surface area contributed by atoms with E-state index in [2.05, 4.69) is 26.9 Å². The van der Waals surface area contributed by atoms with Crippen LogP contribution in [0, 0.1) is 0 Å². The fourth-order valence-electron chi connectivity index (χ4n) is 2.85. The van der Waals surface area contributed by atoms with Crippen LogP contribution in [0.25, 0.3) is 0 Å². The predicted octanol–water partition coefficient (Wildman–Crippen LogP) is 2.80. The predicted molar refractivity (Wildman–Crippen MR) is 108 cm³/mol. The van der Waals surface area contributed by atoms with Gasteiger partial charge in [0.1, 0.15) is 0 Å². The zero-order chi connectivity index (χ0) is 16.9. The van der Waals surface area contributed by atoms with Crippen molar-refractivity contribution in [2.24, 2.45) is 4.99 Å². The Labute approximate surface area is 163 Å². The molecule has 0 spiro atoms. The van der Waals surface area contributed by atoms with E-state index in [-0.39, 0.29) is 29.9 Å². The third-order valence-electron chi connectivity index (χ3n) is 4.17. The van der Waals surface area contributed by atoms with Gasteiger partial charge < -0.3 is 19.7 Å². The van der Waals surface area contributed by atoms with Crippen LogP contribution in [-0.4, -0.2) is 63.3 Å². The number of aliphatic imine (C=N–C) groups is 1. The van der Waals surface area contributed by atoms with Gasteiger partial charge in [0.05, 0.1) is 13.2 Å². The molecule has 0 aromatic rings. The van der Waals surface area contributed by atoms with Crippen LogP contribution >= 0.6 is 24.0 Å². The molecule has 1 fully saturated rings. The number of likely N-dealkylation sites (tertiary alicyclic amines) is 1. The maximum atomic E-state index is 11.0. The summed E-state index contributed by atoms with van der Waals surface area (Å²) < 4.78 is 10.3. The summed E-state index contributed by atoms with van der Waals surface area (Å²) in [6, 6.07) is 0. The van der Waals surface area contributed by atoms with Gasteiger partial charge in [-0.2, -0.15) is 0 Å². The van der Waals surface area contributed by atoms with E-state index in [0.717, 1.165) is 70.7 Å². The monoisotopic (exact) mass is 455 g/mol. The summed E-state index contributed by atoms with van der Waals surface area (Å²) in [4.78, 5) is 17.7. The highest BCUT2D eigenvalue weighted by Crippen LogP contribution is 2.13. The number of piperidine rings is 1. The number of esters is 1. The van der Waals surface area contributed by atoms with Crippen molar-refractivity contribution in [1.29, 1.82) is 0 Å². The van der Waals surface area contributed by atoms with Crippen molar-refractivity contribution >= 4 is 35.9 Å². The SMILES string of the molecule is CCOC1CCN(C(=NC)NCCCCCCC(=O)OC)CC1.I. The average molecular weight is 455 g/mol. The van der Waals surface area contributed by atoms with Gasteiger partial charge in [-0.15, -0.1) is 24.0 Å². The van der Waals surface area contributed by atoms with Crippen LogP contribution in [0.1, 0.15) is 51.9 Å². The van der Waals surface area contributed by atoms with Crippen LogP contribution in [0.2, 0.25) is 0 Å². The number of methoxy groups -OCH3 is 1. The largest absolute Gasteiger partial charge is 0.469 e. The molecule has 1 saturated heterocycles. The second kappa shape index (κ2) is 14.7. The standard InChI is InChI=1S/C17H33N3O3.HI/c1-4-23-15-10-13-20(14-11-15)17(18-2)19-12-8-6-5-7-9-16(21)22-3;/h15H,4-14H2,1-3H3,(H,18,19);1H. The molecule has 0 amide bonds. The summed E-state index contributed by atoms with van der Waals surface area (Å²) in [5.41, 5.74) is 0. The first-order valence-electron chi connectivity index (χ1n) is 8.85. The molecule has 142 valence electrons. The van der Waals surface area contributed by atoms with E-state index in [4.69, 9.17) is 4.74 Å². The summed E-state index contributed by atoms with van der Waals surface area (Å²) >= 11 is 0. The van der Waals surface area contributed by atoms with E-state index in [1.165, 1.54) is 7.11 Å². The molecule has 0 unspecified atom stereocenters. The van der Waals surface area contributed by atoms with E-state index < -0.39 is 0 Å². The lowest BCUT2D eigenvalue weighted by atomic mass is 10.1. The van der Waals surface area contributed by atoms with Crippen molar-refractivity contribution in [2.75, 3.05) is 40.4 Å². The first kappa shape index (κ1) is 23.4. The number of nitrogens with one attached hydrogen (secondary N) is 1. The first-order valence-corrected chi connectivity index (χ1v) is 8.85. The number of unbranched alkanes of at least 4 members (excludes halogenated alkanes) is 3. The molecule has 0 saturated carbocycles. The smallest absolute Gasteiger partial charge is 0.305 e. The van der Waals surface area contributed by atoms with Crippen molar-refractivity contribution in [3.8, 4) is 0 Å². The molecule has 0 radical (unpaired) electrons. The molecular formula is C17H34IN3O3. The van der Waals surface area contributed by atoms with Crippen molar-refractivity contribution in [3.05, 3.63) is 0 Å². The molecule has 1 aliphatic rings. The van der Waals surface area contributed by atoms with E-state index in [1.807, 2.05) is 7.05 Å². The molecule has 24 heavy (non-hydrogen) atoms. The number of carbonyl (C=O) groups is 1. The number of carbonyl (C=O) groups excluding carboxylic acids is 1. The number of halogens is 1. The molecule has 0 aromatic carbocycles. The second-order valence-electron chi connectivity index (χ2n) is 5.86. The number of nitrogens with zero attached hydrogens (tertiary/aromatic N) is 2. The number of rotatable bonds is 9. The van der Waals surface area contributed by atoms with Gasteiger partial charge in [-0.1, -0.05) is 12.8 Å². The van der Waals surface area contributed by atoms with E-state index >= 15 is 0 Å². The fraction of sp³-hybridized carbons (Fsp3) is 0.882. The van der Waals surface area contributed by atoms with Gasteiger partial charge in [0.25, 0.3) is 0 Å². The molecule has 7 heteroatoms. The Morgan fingerprint density at radius 1 is 1.21 bits per heavy atom. The Morgan fingerprint density at radius 2 is 1.88 bits per heavy atom. The lowest BCUT2D eigenvalue weighted by Gasteiger charge is -2.34. The summed E-state index contributed by atoms with van der Waals surface area (Å²) in [6.45, 7) is 5.79. The summed E-state index contributed by atoms with van der Waals surface area (Å²) in [5, 5.41) is 3.44. The van der Waals surface area contributed by atoms with Crippen LogP contribution in [0.3, 0.4) is 0 Å². The zero-order valence-electron chi connectivity index (χ0n) is 15.4. The quantitative estimate of drug-likeness (QED) is 0.191. The van der Waals surface area contributed by atoms with Gasteiger partial charge in [-0.05, 0) is 32.6 Å².